The van der Waals surface area contributed by atoms with Crippen LogP contribution in [0.25, 0.3) is 0 Å². The van der Waals surface area contributed by atoms with Crippen molar-refractivity contribution in [3.63, 3.8) is 0 Å². The van der Waals surface area contributed by atoms with Crippen LogP contribution in [-0.4, -0.2) is 52.5 Å². The lowest BCUT2D eigenvalue weighted by molar-refractivity contribution is 0.0600. The molecule has 0 spiro atoms. The fourth-order valence-corrected chi connectivity index (χ4v) is 4.29. The Balaban J connectivity index is 0.00000264. The number of hydrogen-bond donors (Lipinski definition) is 1. The molecule has 0 bridgehead atoms. The van der Waals surface area contributed by atoms with Crippen LogP contribution in [-0.2, 0) is 14.8 Å². The highest BCUT2D eigenvalue weighted by atomic mass is 35.5. The highest BCUT2D eigenvalue weighted by Gasteiger charge is 2.30. The van der Waals surface area contributed by atoms with E-state index in [-0.39, 0.29) is 17.3 Å². The highest BCUT2D eigenvalue weighted by Crippen LogP contribution is 2.23. The summed E-state index contributed by atoms with van der Waals surface area (Å²) in [6.07, 6.45) is 1.90. The Hall–Kier alpha value is -1.15. The summed E-state index contributed by atoms with van der Waals surface area (Å²) in [4.78, 5) is 11.6. The van der Waals surface area contributed by atoms with E-state index in [0.29, 0.717) is 24.6 Å². The van der Waals surface area contributed by atoms with Gasteiger partial charge in [0.1, 0.15) is 0 Å². The second kappa shape index (κ2) is 8.63. The van der Waals surface area contributed by atoms with E-state index in [2.05, 4.69) is 10.1 Å². The lowest BCUT2D eigenvalue weighted by Crippen LogP contribution is -2.42. The van der Waals surface area contributed by atoms with Gasteiger partial charge >= 0.3 is 5.97 Å². The minimum atomic E-state index is -3.51. The summed E-state index contributed by atoms with van der Waals surface area (Å²) >= 11 is 0. The van der Waals surface area contributed by atoms with E-state index in [4.69, 9.17) is 0 Å². The standard InChI is InChI=1S/C15H22N2O4S.ClH/c1-16-10-12-4-3-9-17(11-12)22(19,20)14-7-5-13(6-8-14)15(18)21-2;/h5-8,12,16H,3-4,9-11H2,1-2H3;1H. The molecule has 0 saturated carbocycles. The van der Waals surface area contributed by atoms with E-state index in [1.165, 1.54) is 35.7 Å². The maximum absolute atomic E-state index is 12.7. The first kappa shape index (κ1) is 19.9. The summed E-state index contributed by atoms with van der Waals surface area (Å²) in [5.41, 5.74) is 0.341. The van der Waals surface area contributed by atoms with Gasteiger partial charge in [-0.15, -0.1) is 12.4 Å². The van der Waals surface area contributed by atoms with Crippen LogP contribution in [0.4, 0.5) is 0 Å². The zero-order valence-electron chi connectivity index (χ0n) is 13.3. The lowest BCUT2D eigenvalue weighted by Gasteiger charge is -2.31. The summed E-state index contributed by atoms with van der Waals surface area (Å²) in [5.74, 6) is -0.140. The van der Waals surface area contributed by atoms with Crippen LogP contribution < -0.4 is 5.32 Å². The Morgan fingerprint density at radius 2 is 2.00 bits per heavy atom. The second-order valence-corrected chi connectivity index (χ2v) is 7.38. The number of nitrogens with one attached hydrogen (secondary N) is 1. The highest BCUT2D eigenvalue weighted by molar-refractivity contribution is 7.89. The molecule has 1 aliphatic rings. The quantitative estimate of drug-likeness (QED) is 0.804. The molecule has 1 unspecified atom stereocenters. The Bertz CT molecular complexity index is 617. The van der Waals surface area contributed by atoms with Crippen molar-refractivity contribution in [2.75, 3.05) is 33.8 Å². The van der Waals surface area contributed by atoms with Gasteiger partial charge in [-0.3, -0.25) is 0 Å². The first-order valence-corrected chi connectivity index (χ1v) is 8.76. The number of hydrogen-bond acceptors (Lipinski definition) is 5. The fourth-order valence-electron chi connectivity index (χ4n) is 2.73. The first-order chi connectivity index (χ1) is 10.5. The normalized spacial score (nSPS) is 19.0. The van der Waals surface area contributed by atoms with E-state index in [1.807, 2.05) is 7.05 Å². The first-order valence-electron chi connectivity index (χ1n) is 7.32. The van der Waals surface area contributed by atoms with Gasteiger partial charge in [-0.2, -0.15) is 4.31 Å². The van der Waals surface area contributed by atoms with Gasteiger partial charge in [-0.05, 0) is 56.6 Å². The molecule has 23 heavy (non-hydrogen) atoms. The molecule has 130 valence electrons. The molecule has 0 aromatic heterocycles. The van der Waals surface area contributed by atoms with Crippen molar-refractivity contribution in [1.82, 2.24) is 9.62 Å². The van der Waals surface area contributed by atoms with Gasteiger partial charge in [0, 0.05) is 13.1 Å². The minimum Gasteiger partial charge on any atom is -0.465 e. The molecule has 6 nitrogen and oxygen atoms in total. The van der Waals surface area contributed by atoms with E-state index in [9.17, 15) is 13.2 Å². The number of esters is 1. The van der Waals surface area contributed by atoms with Gasteiger partial charge in [0.05, 0.1) is 17.6 Å². The van der Waals surface area contributed by atoms with Crippen LogP contribution in [0.1, 0.15) is 23.2 Å². The monoisotopic (exact) mass is 362 g/mol. The van der Waals surface area contributed by atoms with Gasteiger partial charge < -0.3 is 10.1 Å². The number of nitrogens with zero attached hydrogens (tertiary/aromatic N) is 1. The summed E-state index contributed by atoms with van der Waals surface area (Å²) in [5, 5.41) is 3.10. The van der Waals surface area contributed by atoms with Gasteiger partial charge in [-0.25, -0.2) is 13.2 Å². The van der Waals surface area contributed by atoms with Gasteiger partial charge in [0.15, 0.2) is 0 Å². The predicted octanol–water partition coefficient (Wildman–Crippen LogP) is 1.52. The van der Waals surface area contributed by atoms with Crippen LogP contribution >= 0.6 is 12.4 Å². The number of halogens is 1. The number of benzene rings is 1. The van der Waals surface area contributed by atoms with Crippen molar-refractivity contribution >= 4 is 28.4 Å². The molecule has 1 aliphatic heterocycles. The molecule has 2 rings (SSSR count). The van der Waals surface area contributed by atoms with Crippen LogP contribution in [0.2, 0.25) is 0 Å². The summed E-state index contributed by atoms with van der Waals surface area (Å²) in [7, 11) is -0.341. The van der Waals surface area contributed by atoms with Crippen molar-refractivity contribution in [3.8, 4) is 0 Å². The molecule has 1 heterocycles. The SMILES string of the molecule is CNCC1CCCN(S(=O)(=O)c2ccc(C(=O)OC)cc2)C1.Cl. The van der Waals surface area contributed by atoms with Crippen LogP contribution in [0.5, 0.6) is 0 Å². The van der Waals surface area contributed by atoms with Crippen molar-refractivity contribution < 1.29 is 17.9 Å². The number of carbonyl (C=O) groups excluding carboxylic acids is 1. The van der Waals surface area contributed by atoms with E-state index < -0.39 is 16.0 Å². The fraction of sp³-hybridized carbons (Fsp3) is 0.533. The van der Waals surface area contributed by atoms with E-state index >= 15 is 0 Å². The number of piperidine rings is 1. The predicted molar refractivity (Wildman–Crippen MR) is 90.4 cm³/mol. The van der Waals surface area contributed by atoms with Crippen LogP contribution in [0.15, 0.2) is 29.2 Å². The number of ether oxygens (including phenoxy) is 1. The van der Waals surface area contributed by atoms with Gasteiger partial charge in [0.2, 0.25) is 10.0 Å². The third-order valence-corrected chi connectivity index (χ3v) is 5.77. The van der Waals surface area contributed by atoms with E-state index in [0.717, 1.165) is 19.4 Å². The van der Waals surface area contributed by atoms with Gasteiger partial charge in [0.25, 0.3) is 0 Å². The summed E-state index contributed by atoms with van der Waals surface area (Å²) in [6.45, 7) is 1.89. The number of sulfonamides is 1. The molecule has 1 saturated heterocycles. The topological polar surface area (TPSA) is 75.7 Å². The van der Waals surface area contributed by atoms with Crippen LogP contribution in [0, 0.1) is 5.92 Å². The number of carbonyl (C=O) groups is 1. The Kier molecular flexibility index (Phi) is 7.47. The minimum absolute atomic E-state index is 0. The molecular weight excluding hydrogens is 340 g/mol. The molecule has 1 aromatic rings. The number of methoxy groups -OCH3 is 1. The average molecular weight is 363 g/mol. The molecule has 8 heteroatoms. The molecule has 1 atom stereocenters. The molecule has 0 amide bonds. The van der Waals surface area contributed by atoms with Crippen molar-refractivity contribution in [1.29, 1.82) is 0 Å². The second-order valence-electron chi connectivity index (χ2n) is 5.44. The molecular formula is C15H23ClN2O4S. The van der Waals surface area contributed by atoms with Crippen molar-refractivity contribution in [2.45, 2.75) is 17.7 Å². The maximum atomic E-state index is 12.7. The third-order valence-electron chi connectivity index (χ3n) is 3.89. The Labute approximate surface area is 143 Å². The number of rotatable bonds is 5. The Morgan fingerprint density at radius 3 is 2.57 bits per heavy atom. The lowest BCUT2D eigenvalue weighted by atomic mass is 10.00. The largest absolute Gasteiger partial charge is 0.465 e. The molecule has 1 fully saturated rings. The molecule has 0 aliphatic carbocycles. The zero-order chi connectivity index (χ0) is 16.2. The molecule has 0 radical (unpaired) electrons. The Morgan fingerprint density at radius 1 is 1.35 bits per heavy atom. The van der Waals surface area contributed by atoms with E-state index in [1.54, 1.807) is 0 Å². The third kappa shape index (κ3) is 4.67. The van der Waals surface area contributed by atoms with Crippen molar-refractivity contribution in [2.24, 2.45) is 5.92 Å². The van der Waals surface area contributed by atoms with Gasteiger partial charge in [-0.1, -0.05) is 0 Å². The molecule has 1 N–H and O–H groups in total. The van der Waals surface area contributed by atoms with Crippen LogP contribution in [0.3, 0.4) is 0 Å². The summed E-state index contributed by atoms with van der Waals surface area (Å²) < 4.78 is 31.5. The molecule has 1 aromatic carbocycles. The summed E-state index contributed by atoms with van der Waals surface area (Å²) in [6, 6.07) is 5.88. The average Bonchev–Trinajstić information content (AvgIpc) is 2.55. The zero-order valence-corrected chi connectivity index (χ0v) is 15.0. The van der Waals surface area contributed by atoms with Crippen molar-refractivity contribution in [3.05, 3.63) is 29.8 Å². The smallest absolute Gasteiger partial charge is 0.337 e. The maximum Gasteiger partial charge on any atom is 0.337 e.